The molecule has 0 atom stereocenters. The number of imidazole rings is 1. The molecule has 1 heterocycles. The van der Waals surface area contributed by atoms with Crippen LogP contribution >= 0.6 is 24.0 Å². The van der Waals surface area contributed by atoms with Gasteiger partial charge in [0, 0.05) is 37.6 Å². The van der Waals surface area contributed by atoms with Gasteiger partial charge in [-0.2, -0.15) is 8.78 Å². The van der Waals surface area contributed by atoms with Crippen LogP contribution in [0.4, 0.5) is 8.78 Å². The van der Waals surface area contributed by atoms with Crippen molar-refractivity contribution in [3.63, 3.8) is 0 Å². The molecule has 1 aromatic heterocycles. The molecule has 0 saturated carbocycles. The number of nitrogens with zero attached hydrogens (tertiary/aromatic N) is 3. The van der Waals surface area contributed by atoms with Gasteiger partial charge in [-0.25, -0.2) is 9.98 Å². The Balaban J connectivity index is 0.00000364. The van der Waals surface area contributed by atoms with Crippen molar-refractivity contribution in [2.24, 2.45) is 4.99 Å². The quantitative estimate of drug-likeness (QED) is 0.318. The molecule has 0 saturated heterocycles. The van der Waals surface area contributed by atoms with E-state index in [0.717, 1.165) is 6.54 Å². The van der Waals surface area contributed by atoms with Crippen molar-refractivity contribution < 1.29 is 18.3 Å². The minimum atomic E-state index is -2.90. The fourth-order valence-electron chi connectivity index (χ4n) is 2.25. The topological polar surface area (TPSA) is 72.7 Å². The normalized spacial score (nSPS) is 11.1. The molecule has 0 radical (unpaired) electrons. The van der Waals surface area contributed by atoms with Gasteiger partial charge in [0.1, 0.15) is 11.5 Å². The van der Waals surface area contributed by atoms with Crippen molar-refractivity contribution in [3.05, 3.63) is 42.5 Å². The van der Waals surface area contributed by atoms with E-state index in [9.17, 15) is 8.78 Å². The Kier molecular flexibility index (Phi) is 10.5. The van der Waals surface area contributed by atoms with Gasteiger partial charge in [0.25, 0.3) is 0 Å². The number of methoxy groups -OCH3 is 1. The molecule has 2 N–H and O–H groups in total. The predicted octanol–water partition coefficient (Wildman–Crippen LogP) is 2.87. The average Bonchev–Trinajstić information content (AvgIpc) is 3.13. The summed E-state index contributed by atoms with van der Waals surface area (Å²) in [5.41, 5.74) is 0.511. The lowest BCUT2D eigenvalue weighted by molar-refractivity contribution is -0.0504. The zero-order valence-corrected chi connectivity index (χ0v) is 17.5. The molecule has 0 amide bonds. The van der Waals surface area contributed by atoms with Crippen LogP contribution in [-0.2, 0) is 13.1 Å². The molecule has 2 aromatic rings. The molecular formula is C17H24F2IN5O2. The maximum atomic E-state index is 12.6. The maximum Gasteiger partial charge on any atom is 0.387 e. The van der Waals surface area contributed by atoms with E-state index < -0.39 is 6.61 Å². The highest BCUT2D eigenvalue weighted by molar-refractivity contribution is 14.0. The minimum absolute atomic E-state index is 0. The molecule has 0 unspecified atom stereocenters. The van der Waals surface area contributed by atoms with Crippen molar-refractivity contribution in [2.75, 3.05) is 20.2 Å². The van der Waals surface area contributed by atoms with Crippen LogP contribution in [0, 0.1) is 0 Å². The van der Waals surface area contributed by atoms with Gasteiger partial charge in [-0.1, -0.05) is 0 Å². The van der Waals surface area contributed by atoms with Crippen LogP contribution in [0.3, 0.4) is 0 Å². The third-order valence-corrected chi connectivity index (χ3v) is 3.46. The molecule has 27 heavy (non-hydrogen) atoms. The molecule has 1 aromatic carbocycles. The van der Waals surface area contributed by atoms with Gasteiger partial charge in [-0.3, -0.25) is 0 Å². The lowest BCUT2D eigenvalue weighted by Crippen LogP contribution is -2.38. The fraction of sp³-hybridized carbons (Fsp3) is 0.412. The van der Waals surface area contributed by atoms with E-state index >= 15 is 0 Å². The summed E-state index contributed by atoms with van der Waals surface area (Å²) in [5, 5.41) is 6.30. The van der Waals surface area contributed by atoms with E-state index in [1.54, 1.807) is 24.7 Å². The largest absolute Gasteiger partial charge is 0.497 e. The molecule has 2 rings (SSSR count). The van der Waals surface area contributed by atoms with Crippen LogP contribution < -0.4 is 20.1 Å². The lowest BCUT2D eigenvalue weighted by atomic mass is 10.2. The Bertz CT molecular complexity index is 699. The zero-order valence-electron chi connectivity index (χ0n) is 15.2. The summed E-state index contributed by atoms with van der Waals surface area (Å²) in [6.45, 7) is 1.26. The summed E-state index contributed by atoms with van der Waals surface area (Å²) >= 11 is 0. The third kappa shape index (κ3) is 7.97. The number of hydrogen-bond donors (Lipinski definition) is 2. The Morgan fingerprint density at radius 2 is 2.15 bits per heavy atom. The highest BCUT2D eigenvalue weighted by atomic mass is 127. The highest BCUT2D eigenvalue weighted by Crippen LogP contribution is 2.26. The second kappa shape index (κ2) is 12.3. The van der Waals surface area contributed by atoms with Crippen LogP contribution in [-0.4, -0.2) is 42.3 Å². The van der Waals surface area contributed by atoms with Crippen molar-refractivity contribution in [1.29, 1.82) is 0 Å². The Morgan fingerprint density at radius 1 is 1.33 bits per heavy atom. The van der Waals surface area contributed by atoms with Gasteiger partial charge in [-0.05, 0) is 25.1 Å². The van der Waals surface area contributed by atoms with Crippen LogP contribution in [0.15, 0.2) is 41.9 Å². The van der Waals surface area contributed by atoms with Crippen molar-refractivity contribution in [1.82, 2.24) is 20.2 Å². The van der Waals surface area contributed by atoms with Crippen LogP contribution in [0.1, 0.15) is 12.5 Å². The number of alkyl halides is 2. The monoisotopic (exact) mass is 495 g/mol. The first kappa shape index (κ1) is 22.9. The molecule has 0 aliphatic carbocycles. The predicted molar refractivity (Wildman–Crippen MR) is 110 cm³/mol. The number of rotatable bonds is 9. The van der Waals surface area contributed by atoms with Gasteiger partial charge in [0.2, 0.25) is 0 Å². The smallest absolute Gasteiger partial charge is 0.387 e. The highest BCUT2D eigenvalue weighted by Gasteiger charge is 2.11. The van der Waals surface area contributed by atoms with E-state index in [2.05, 4.69) is 25.3 Å². The van der Waals surface area contributed by atoms with Crippen molar-refractivity contribution in [2.45, 2.75) is 26.6 Å². The molecule has 0 fully saturated rings. The first-order chi connectivity index (χ1) is 12.6. The fourth-order valence-corrected chi connectivity index (χ4v) is 2.25. The molecule has 150 valence electrons. The van der Waals surface area contributed by atoms with E-state index in [0.29, 0.717) is 30.4 Å². The summed E-state index contributed by atoms with van der Waals surface area (Å²) in [5.74, 6) is 1.21. The molecule has 0 spiro atoms. The Hall–Kier alpha value is -2.11. The minimum Gasteiger partial charge on any atom is -0.497 e. The average molecular weight is 495 g/mol. The first-order valence-electron chi connectivity index (χ1n) is 8.22. The number of halogens is 3. The molecule has 10 heteroatoms. The molecule has 0 bridgehead atoms. The molecule has 0 aliphatic heterocycles. The molecular weight excluding hydrogens is 471 g/mol. The van der Waals surface area contributed by atoms with Crippen LogP contribution in [0.5, 0.6) is 11.5 Å². The maximum absolute atomic E-state index is 12.6. The second-order valence-electron chi connectivity index (χ2n) is 5.27. The SMILES string of the molecule is CCNC(=NCc1cc(OC)ccc1OC(F)F)NCCn1ccnc1.I. The number of aliphatic imine (C=N–C) groups is 1. The number of benzene rings is 1. The number of nitrogens with one attached hydrogen (secondary N) is 2. The molecule has 0 aliphatic rings. The summed E-state index contributed by atoms with van der Waals surface area (Å²) in [6.07, 6.45) is 5.32. The van der Waals surface area contributed by atoms with Gasteiger partial charge < -0.3 is 24.7 Å². The van der Waals surface area contributed by atoms with Gasteiger partial charge in [0.05, 0.1) is 20.0 Å². The summed E-state index contributed by atoms with van der Waals surface area (Å²) in [4.78, 5) is 8.42. The summed E-state index contributed by atoms with van der Waals surface area (Å²) < 4.78 is 36.8. The number of ether oxygens (including phenoxy) is 2. The van der Waals surface area contributed by atoms with Crippen LogP contribution in [0.25, 0.3) is 0 Å². The van der Waals surface area contributed by atoms with Gasteiger partial charge >= 0.3 is 6.61 Å². The third-order valence-electron chi connectivity index (χ3n) is 3.46. The summed E-state index contributed by atoms with van der Waals surface area (Å²) in [6, 6.07) is 4.66. The number of aromatic nitrogens is 2. The van der Waals surface area contributed by atoms with E-state index in [1.165, 1.54) is 13.2 Å². The lowest BCUT2D eigenvalue weighted by Gasteiger charge is -2.13. The zero-order chi connectivity index (χ0) is 18.8. The molecule has 7 nitrogen and oxygen atoms in total. The second-order valence-corrected chi connectivity index (χ2v) is 5.27. The van der Waals surface area contributed by atoms with Crippen molar-refractivity contribution >= 4 is 29.9 Å². The Labute approximate surface area is 174 Å². The van der Waals surface area contributed by atoms with Crippen LogP contribution in [0.2, 0.25) is 0 Å². The van der Waals surface area contributed by atoms with E-state index in [4.69, 9.17) is 4.74 Å². The standard InChI is InChI=1S/C17H23F2N5O2.HI/c1-3-21-17(22-7-9-24-8-6-20-12-24)23-11-13-10-14(25-2)4-5-15(13)26-16(18)19;/h4-6,8,10,12,16H,3,7,9,11H2,1-2H3,(H2,21,22,23);1H. The number of guanidine groups is 1. The summed E-state index contributed by atoms with van der Waals surface area (Å²) in [7, 11) is 1.51. The first-order valence-corrected chi connectivity index (χ1v) is 8.22. The Morgan fingerprint density at radius 3 is 2.78 bits per heavy atom. The number of hydrogen-bond acceptors (Lipinski definition) is 4. The van der Waals surface area contributed by atoms with Crippen molar-refractivity contribution in [3.8, 4) is 11.5 Å². The van der Waals surface area contributed by atoms with E-state index in [-0.39, 0.29) is 36.3 Å². The van der Waals surface area contributed by atoms with Gasteiger partial charge in [-0.15, -0.1) is 24.0 Å². The van der Waals surface area contributed by atoms with E-state index in [1.807, 2.05) is 17.7 Å². The van der Waals surface area contributed by atoms with Gasteiger partial charge in [0.15, 0.2) is 5.96 Å².